The summed E-state index contributed by atoms with van der Waals surface area (Å²) < 4.78 is 14.5. The van der Waals surface area contributed by atoms with Crippen molar-refractivity contribution in [2.75, 3.05) is 37.4 Å². The van der Waals surface area contributed by atoms with Gasteiger partial charge >= 0.3 is 6.09 Å². The van der Waals surface area contributed by atoms with Crippen LogP contribution in [0.1, 0.15) is 33.7 Å². The molecule has 3 N–H and O–H groups in total. The first kappa shape index (κ1) is 25.0. The number of carboxylic acid groups (broad SMARTS) is 1. The zero-order valence-corrected chi connectivity index (χ0v) is 20.5. The summed E-state index contributed by atoms with van der Waals surface area (Å²) in [7, 11) is 3.22. The number of amides is 3. The second-order valence-corrected chi connectivity index (χ2v) is 9.37. The Morgan fingerprint density at radius 1 is 1.25 bits per heavy atom. The molecule has 1 saturated heterocycles. The van der Waals surface area contributed by atoms with Gasteiger partial charge in [0.15, 0.2) is 0 Å². The number of hydrogen-bond donors (Lipinski definition) is 3. The number of piperidine rings is 1. The van der Waals surface area contributed by atoms with Gasteiger partial charge in [0.1, 0.15) is 16.5 Å². The summed E-state index contributed by atoms with van der Waals surface area (Å²) in [6, 6.07) is 5.58. The fourth-order valence-electron chi connectivity index (χ4n) is 4.02. The van der Waals surface area contributed by atoms with Crippen LogP contribution in [0, 0.1) is 5.82 Å². The number of aromatic nitrogens is 2. The zero-order valence-electron chi connectivity index (χ0n) is 19.7. The van der Waals surface area contributed by atoms with Crippen LogP contribution >= 0.6 is 11.3 Å². The number of pyridine rings is 1. The summed E-state index contributed by atoms with van der Waals surface area (Å²) >= 11 is 1.10. The summed E-state index contributed by atoms with van der Waals surface area (Å²) in [5, 5.41) is 16.2. The van der Waals surface area contributed by atoms with Crippen molar-refractivity contribution in [3.8, 4) is 10.6 Å². The number of thiazole rings is 1. The molecule has 1 atom stereocenters. The molecule has 1 fully saturated rings. The van der Waals surface area contributed by atoms with Crippen LogP contribution in [0.15, 0.2) is 42.0 Å². The second-order valence-electron chi connectivity index (χ2n) is 8.51. The molecule has 2 aromatic heterocycles. The van der Waals surface area contributed by atoms with E-state index in [1.54, 1.807) is 26.4 Å². The van der Waals surface area contributed by atoms with E-state index in [2.05, 4.69) is 20.6 Å². The van der Waals surface area contributed by atoms with Gasteiger partial charge in [0.05, 0.1) is 17.6 Å². The Hall–Kier alpha value is -4.06. The fraction of sp³-hybridized carbons (Fsp3) is 0.292. The molecule has 0 spiro atoms. The molecule has 36 heavy (non-hydrogen) atoms. The first-order chi connectivity index (χ1) is 17.2. The number of nitrogens with one attached hydrogen (secondary N) is 2. The minimum atomic E-state index is -1.07. The van der Waals surface area contributed by atoms with E-state index < -0.39 is 17.8 Å². The van der Waals surface area contributed by atoms with E-state index in [0.717, 1.165) is 24.2 Å². The Morgan fingerprint density at radius 3 is 2.81 bits per heavy atom. The molecule has 1 aromatic carbocycles. The lowest BCUT2D eigenvalue weighted by molar-refractivity contribution is 0.0827. The molecule has 1 aliphatic rings. The maximum absolute atomic E-state index is 14.5. The number of rotatable bonds is 6. The van der Waals surface area contributed by atoms with Gasteiger partial charge < -0.3 is 25.5 Å². The minimum Gasteiger partial charge on any atom is -0.465 e. The van der Waals surface area contributed by atoms with Crippen LogP contribution < -0.4 is 15.5 Å². The molecule has 1 aliphatic heterocycles. The van der Waals surface area contributed by atoms with Crippen LogP contribution in [-0.2, 0) is 0 Å². The van der Waals surface area contributed by atoms with Crippen molar-refractivity contribution in [2.45, 2.75) is 18.9 Å². The Morgan fingerprint density at radius 2 is 2.06 bits per heavy atom. The highest BCUT2D eigenvalue weighted by molar-refractivity contribution is 7.13. The first-order valence-corrected chi connectivity index (χ1v) is 12.1. The Balaban J connectivity index is 1.53. The van der Waals surface area contributed by atoms with Gasteiger partial charge in [-0.3, -0.25) is 14.6 Å². The van der Waals surface area contributed by atoms with Gasteiger partial charge in [-0.05, 0) is 37.1 Å². The van der Waals surface area contributed by atoms with Crippen molar-refractivity contribution < 1.29 is 23.9 Å². The van der Waals surface area contributed by atoms with Crippen molar-refractivity contribution >= 4 is 40.6 Å². The van der Waals surface area contributed by atoms with Crippen molar-refractivity contribution in [3.05, 3.63) is 59.1 Å². The van der Waals surface area contributed by atoms with Gasteiger partial charge in [0.25, 0.3) is 11.8 Å². The van der Waals surface area contributed by atoms with Crippen LogP contribution in [-0.4, -0.2) is 71.1 Å². The van der Waals surface area contributed by atoms with E-state index in [1.165, 1.54) is 34.7 Å². The number of anilines is 2. The van der Waals surface area contributed by atoms with Crippen molar-refractivity contribution in [1.29, 1.82) is 0 Å². The molecule has 1 unspecified atom stereocenters. The Kier molecular flexibility index (Phi) is 7.44. The molecule has 0 radical (unpaired) electrons. The average molecular weight is 513 g/mol. The highest BCUT2D eigenvalue weighted by Crippen LogP contribution is 2.30. The van der Waals surface area contributed by atoms with Gasteiger partial charge in [-0.25, -0.2) is 14.2 Å². The van der Waals surface area contributed by atoms with E-state index in [0.29, 0.717) is 30.0 Å². The van der Waals surface area contributed by atoms with E-state index >= 15 is 0 Å². The van der Waals surface area contributed by atoms with Crippen molar-refractivity contribution in [1.82, 2.24) is 20.2 Å². The van der Waals surface area contributed by atoms with Crippen molar-refractivity contribution in [2.24, 2.45) is 0 Å². The molecule has 3 amide bonds. The molecule has 4 rings (SSSR count). The maximum atomic E-state index is 14.5. The lowest BCUT2D eigenvalue weighted by Gasteiger charge is -2.35. The molecule has 0 bridgehead atoms. The minimum absolute atomic E-state index is 0.0950. The first-order valence-electron chi connectivity index (χ1n) is 11.2. The lowest BCUT2D eigenvalue weighted by Crippen LogP contribution is -2.47. The van der Waals surface area contributed by atoms with Gasteiger partial charge in [-0.15, -0.1) is 11.3 Å². The fourth-order valence-corrected chi connectivity index (χ4v) is 4.83. The Bertz CT molecular complexity index is 1300. The third-order valence-corrected chi connectivity index (χ3v) is 6.60. The van der Waals surface area contributed by atoms with Crippen LogP contribution in [0.4, 0.5) is 20.6 Å². The second kappa shape index (κ2) is 10.7. The number of carbonyl (C=O) groups excluding carboxylic acids is 2. The number of hydrogen-bond acceptors (Lipinski definition) is 7. The third-order valence-electron chi connectivity index (χ3n) is 5.72. The lowest BCUT2D eigenvalue weighted by atomic mass is 10.0. The average Bonchev–Trinajstić information content (AvgIpc) is 3.34. The number of halogens is 1. The quantitative estimate of drug-likeness (QED) is 0.461. The number of nitrogens with zero attached hydrogens (tertiary/aromatic N) is 4. The zero-order chi connectivity index (χ0) is 25.8. The van der Waals surface area contributed by atoms with Crippen LogP contribution in [0.3, 0.4) is 0 Å². The van der Waals surface area contributed by atoms with Crippen LogP contribution in [0.25, 0.3) is 10.6 Å². The molecule has 3 heterocycles. The molecular formula is C24H25FN6O4S. The summed E-state index contributed by atoms with van der Waals surface area (Å²) in [6.45, 7) is 1.16. The maximum Gasteiger partial charge on any atom is 0.404 e. The normalized spacial score (nSPS) is 15.3. The molecular weight excluding hydrogens is 487 g/mol. The topological polar surface area (TPSA) is 128 Å². The molecule has 188 valence electrons. The van der Waals surface area contributed by atoms with Crippen LogP contribution in [0.2, 0.25) is 0 Å². The third kappa shape index (κ3) is 5.60. The highest BCUT2D eigenvalue weighted by atomic mass is 32.1. The van der Waals surface area contributed by atoms with Gasteiger partial charge in [-0.2, -0.15) is 0 Å². The predicted molar refractivity (Wildman–Crippen MR) is 134 cm³/mol. The smallest absolute Gasteiger partial charge is 0.404 e. The van der Waals surface area contributed by atoms with E-state index in [9.17, 15) is 18.8 Å². The standard InChI is InChI=1S/C24H25FN6O4S/c1-30(2)23(33)14-5-6-17(25)16(10-14)22-29-19(13-36-22)21(32)28-18-11-26-8-7-20(18)31-9-3-4-15(12-31)27-24(34)35/h5-8,10-11,13,15,27H,3-4,9,12H2,1-2H3,(H,28,32)(H,34,35). The van der Waals surface area contributed by atoms with Gasteiger partial charge in [0, 0.05) is 55.9 Å². The summed E-state index contributed by atoms with van der Waals surface area (Å²) in [4.78, 5) is 48.1. The SMILES string of the molecule is CN(C)C(=O)c1ccc(F)c(-c2nc(C(=O)Nc3cnccc3N3CCCC(NC(=O)O)C3)cs2)c1. The molecule has 3 aromatic rings. The van der Waals surface area contributed by atoms with E-state index in [4.69, 9.17) is 5.11 Å². The molecule has 0 saturated carbocycles. The van der Waals surface area contributed by atoms with Gasteiger partial charge in [-0.1, -0.05) is 0 Å². The predicted octanol–water partition coefficient (Wildman–Crippen LogP) is 3.53. The largest absolute Gasteiger partial charge is 0.465 e. The molecule has 10 nitrogen and oxygen atoms in total. The summed E-state index contributed by atoms with van der Waals surface area (Å²) in [6.07, 6.45) is 3.57. The monoisotopic (exact) mass is 512 g/mol. The van der Waals surface area contributed by atoms with Crippen molar-refractivity contribution in [3.63, 3.8) is 0 Å². The van der Waals surface area contributed by atoms with E-state index in [1.807, 2.05) is 4.90 Å². The van der Waals surface area contributed by atoms with E-state index in [-0.39, 0.29) is 28.2 Å². The number of carbonyl (C=O) groups is 3. The Labute approximate surface area is 210 Å². The number of benzene rings is 1. The highest BCUT2D eigenvalue weighted by Gasteiger charge is 2.24. The summed E-state index contributed by atoms with van der Waals surface area (Å²) in [5.41, 5.74) is 1.72. The summed E-state index contributed by atoms with van der Waals surface area (Å²) in [5.74, 6) is -1.31. The molecule has 12 heteroatoms. The molecule has 0 aliphatic carbocycles. The van der Waals surface area contributed by atoms with Crippen LogP contribution in [0.5, 0.6) is 0 Å². The van der Waals surface area contributed by atoms with Gasteiger partial charge in [0.2, 0.25) is 0 Å².